The van der Waals surface area contributed by atoms with Gasteiger partial charge in [0.1, 0.15) is 12.8 Å². The first kappa shape index (κ1) is 7.75. The van der Waals surface area contributed by atoms with Gasteiger partial charge in [-0.2, -0.15) is 0 Å². The van der Waals surface area contributed by atoms with Crippen LogP contribution in [0.3, 0.4) is 0 Å². The van der Waals surface area contributed by atoms with Gasteiger partial charge in [-0.05, 0) is 0 Å². The van der Waals surface area contributed by atoms with Gasteiger partial charge in [0.05, 0.1) is 0 Å². The van der Waals surface area contributed by atoms with E-state index in [1.165, 1.54) is 0 Å². The molecule has 0 heterocycles. The van der Waals surface area contributed by atoms with Crippen molar-refractivity contribution in [2.45, 2.75) is 19.0 Å². The van der Waals surface area contributed by atoms with Gasteiger partial charge in [0.2, 0.25) is 0 Å². The molecule has 0 aromatic carbocycles. The maximum absolute atomic E-state index is 11.6. The lowest BCUT2D eigenvalue weighted by molar-refractivity contribution is -0.100. The number of alkyl halides is 3. The Morgan fingerprint density at radius 2 is 2.00 bits per heavy atom. The van der Waals surface area contributed by atoms with Crippen LogP contribution in [0.15, 0.2) is 0 Å². The zero-order valence-electron chi connectivity index (χ0n) is 4.37. The van der Waals surface area contributed by atoms with Crippen LogP contribution in [0.1, 0.15) is 6.92 Å². The third-order valence-electron chi connectivity index (χ3n) is 0.731. The van der Waals surface area contributed by atoms with Gasteiger partial charge in [-0.15, -0.1) is 0 Å². The average molecular weight is 128 g/mol. The van der Waals surface area contributed by atoms with E-state index in [1.807, 2.05) is 0 Å². The Bertz CT molecular complexity index is 68.2. The molecule has 4 heteroatoms. The predicted molar refractivity (Wildman–Crippen MR) is 22.6 cm³/mol. The predicted octanol–water partition coefficient (Wildman–Crippen LogP) is 0.972. The van der Waals surface area contributed by atoms with E-state index in [-0.39, 0.29) is 0 Å². The molecule has 0 amide bonds. The molecule has 0 aliphatic carbocycles. The van der Waals surface area contributed by atoms with Crippen molar-refractivity contribution in [3.63, 3.8) is 0 Å². The average Bonchev–Trinajstić information content (AvgIpc) is 1.62. The second kappa shape index (κ2) is 2.35. The maximum Gasteiger partial charge on any atom is 0.273 e. The molecule has 1 atom stereocenters. The molecule has 50 valence electrons. The van der Waals surface area contributed by atoms with Crippen LogP contribution < -0.4 is 0 Å². The minimum absolute atomic E-state index is 0.469. The molecule has 0 aromatic heterocycles. The fraction of sp³-hybridized carbons (Fsp3) is 1.00. The van der Waals surface area contributed by atoms with Crippen molar-refractivity contribution in [2.24, 2.45) is 0 Å². The Morgan fingerprint density at radius 1 is 1.62 bits per heavy atom. The highest BCUT2D eigenvalue weighted by atomic mass is 19.3. The highest BCUT2D eigenvalue weighted by Gasteiger charge is 2.31. The molecule has 0 saturated heterocycles. The molecule has 8 heavy (non-hydrogen) atoms. The third-order valence-corrected chi connectivity index (χ3v) is 0.731. The number of rotatable bonds is 2. The molecular weight excluding hydrogens is 121 g/mol. The van der Waals surface area contributed by atoms with Gasteiger partial charge < -0.3 is 5.11 Å². The molecule has 0 rings (SSSR count). The Labute approximate surface area is 45.1 Å². The van der Waals surface area contributed by atoms with Crippen LogP contribution in [0, 0.1) is 0 Å². The van der Waals surface area contributed by atoms with Gasteiger partial charge in [-0.1, -0.05) is 0 Å². The van der Waals surface area contributed by atoms with Gasteiger partial charge >= 0.3 is 0 Å². The SMILES string of the molecule is CC(F)(F)[C@H](O)CF. The van der Waals surface area contributed by atoms with Crippen LogP contribution in [-0.2, 0) is 0 Å². The molecule has 0 spiro atoms. The second-order valence-electron chi connectivity index (χ2n) is 1.63. The van der Waals surface area contributed by atoms with Crippen molar-refractivity contribution in [1.82, 2.24) is 0 Å². The van der Waals surface area contributed by atoms with Crippen LogP contribution in [0.25, 0.3) is 0 Å². The molecule has 0 radical (unpaired) electrons. The smallest absolute Gasteiger partial charge is 0.273 e. The lowest BCUT2D eigenvalue weighted by Crippen LogP contribution is -2.31. The minimum atomic E-state index is -3.31. The first-order chi connectivity index (χ1) is 3.48. The highest BCUT2D eigenvalue weighted by molar-refractivity contribution is 4.68. The molecule has 0 saturated carbocycles. The molecule has 1 N–H and O–H groups in total. The van der Waals surface area contributed by atoms with E-state index in [4.69, 9.17) is 5.11 Å². The lowest BCUT2D eigenvalue weighted by atomic mass is 10.2. The summed E-state index contributed by atoms with van der Waals surface area (Å²) in [6.07, 6.45) is -2.15. The number of halogens is 3. The second-order valence-corrected chi connectivity index (χ2v) is 1.63. The van der Waals surface area contributed by atoms with E-state index in [2.05, 4.69) is 0 Å². The van der Waals surface area contributed by atoms with E-state index < -0.39 is 18.7 Å². The summed E-state index contributed by atoms with van der Waals surface area (Å²) in [6.45, 7) is -0.930. The number of hydrogen-bond acceptors (Lipinski definition) is 1. The van der Waals surface area contributed by atoms with E-state index >= 15 is 0 Å². The summed E-state index contributed by atoms with van der Waals surface area (Å²) in [6, 6.07) is 0. The molecule has 0 aliphatic rings. The van der Waals surface area contributed by atoms with E-state index in [0.717, 1.165) is 0 Å². The van der Waals surface area contributed by atoms with Crippen molar-refractivity contribution < 1.29 is 18.3 Å². The molecule has 0 unspecified atom stereocenters. The normalized spacial score (nSPS) is 16.1. The first-order valence-electron chi connectivity index (χ1n) is 2.10. The number of aliphatic hydroxyl groups excluding tert-OH is 1. The summed E-state index contributed by atoms with van der Waals surface area (Å²) >= 11 is 0. The van der Waals surface area contributed by atoms with Gasteiger partial charge in [0.25, 0.3) is 5.92 Å². The lowest BCUT2D eigenvalue weighted by Gasteiger charge is -2.13. The first-order valence-corrected chi connectivity index (χ1v) is 2.10. The Balaban J connectivity index is 3.62. The summed E-state index contributed by atoms with van der Waals surface area (Å²) in [5.74, 6) is -3.31. The van der Waals surface area contributed by atoms with Gasteiger partial charge in [-0.25, -0.2) is 13.2 Å². The standard InChI is InChI=1S/C4H7F3O/c1-4(6,7)3(8)2-5/h3,8H,2H2,1H3/t3-/m1/s1. The van der Waals surface area contributed by atoms with Crippen molar-refractivity contribution in [3.8, 4) is 0 Å². The third kappa shape index (κ3) is 2.16. The highest BCUT2D eigenvalue weighted by Crippen LogP contribution is 2.16. The van der Waals surface area contributed by atoms with Crippen LogP contribution in [0.4, 0.5) is 13.2 Å². The van der Waals surface area contributed by atoms with Gasteiger partial charge in [-0.3, -0.25) is 0 Å². The molecule has 0 aromatic rings. The molecule has 0 bridgehead atoms. The van der Waals surface area contributed by atoms with Crippen molar-refractivity contribution in [1.29, 1.82) is 0 Å². The Kier molecular flexibility index (Phi) is 2.27. The van der Waals surface area contributed by atoms with Gasteiger partial charge in [0, 0.05) is 6.92 Å². The Hall–Kier alpha value is -0.250. The topological polar surface area (TPSA) is 20.2 Å². The zero-order chi connectivity index (χ0) is 6.78. The quantitative estimate of drug-likeness (QED) is 0.587. The van der Waals surface area contributed by atoms with Crippen LogP contribution in [0.2, 0.25) is 0 Å². The summed E-state index contributed by atoms with van der Waals surface area (Å²) in [7, 11) is 0. The maximum atomic E-state index is 11.6. The Morgan fingerprint density at radius 3 is 2.00 bits per heavy atom. The van der Waals surface area contributed by atoms with Gasteiger partial charge in [0.15, 0.2) is 0 Å². The molecule has 0 fully saturated rings. The monoisotopic (exact) mass is 128 g/mol. The zero-order valence-corrected chi connectivity index (χ0v) is 4.37. The van der Waals surface area contributed by atoms with E-state index in [0.29, 0.717) is 6.92 Å². The number of aliphatic hydroxyl groups is 1. The minimum Gasteiger partial charge on any atom is -0.384 e. The fourth-order valence-electron chi connectivity index (χ4n) is 0.135. The fourth-order valence-corrected chi connectivity index (χ4v) is 0.135. The van der Waals surface area contributed by atoms with E-state index in [9.17, 15) is 13.2 Å². The summed E-state index contributed by atoms with van der Waals surface area (Å²) in [5.41, 5.74) is 0. The van der Waals surface area contributed by atoms with Crippen molar-refractivity contribution >= 4 is 0 Å². The van der Waals surface area contributed by atoms with Crippen LogP contribution in [-0.4, -0.2) is 23.8 Å². The molecular formula is C4H7F3O. The molecule has 0 aliphatic heterocycles. The van der Waals surface area contributed by atoms with Crippen molar-refractivity contribution in [3.05, 3.63) is 0 Å². The number of hydrogen-bond donors (Lipinski definition) is 1. The summed E-state index contributed by atoms with van der Waals surface area (Å²) < 4.78 is 34.4. The van der Waals surface area contributed by atoms with Crippen LogP contribution >= 0.6 is 0 Å². The summed E-state index contributed by atoms with van der Waals surface area (Å²) in [5, 5.41) is 8.07. The van der Waals surface area contributed by atoms with Crippen LogP contribution in [0.5, 0.6) is 0 Å². The van der Waals surface area contributed by atoms with Crippen molar-refractivity contribution in [2.75, 3.05) is 6.67 Å². The largest absolute Gasteiger partial charge is 0.384 e. The summed E-state index contributed by atoms with van der Waals surface area (Å²) in [4.78, 5) is 0. The molecule has 1 nitrogen and oxygen atoms in total. The van der Waals surface area contributed by atoms with E-state index in [1.54, 1.807) is 0 Å².